The first-order valence-corrected chi connectivity index (χ1v) is 10.8. The highest BCUT2D eigenvalue weighted by molar-refractivity contribution is 7.92. The Kier molecular flexibility index (Phi) is 6.78. The van der Waals surface area contributed by atoms with E-state index in [4.69, 9.17) is 17.0 Å². The summed E-state index contributed by atoms with van der Waals surface area (Å²) in [5.74, 6) is -0.0348. The summed E-state index contributed by atoms with van der Waals surface area (Å²) in [5.41, 5.74) is 1.95. The summed E-state index contributed by atoms with van der Waals surface area (Å²) in [6.45, 7) is 1.89. The van der Waals surface area contributed by atoms with E-state index in [1.165, 1.54) is 43.8 Å². The molecular formula is C20H19N5O4S2. The molecule has 0 fully saturated rings. The lowest BCUT2D eigenvalue weighted by Gasteiger charge is -2.11. The van der Waals surface area contributed by atoms with E-state index >= 15 is 0 Å². The van der Waals surface area contributed by atoms with Crippen LogP contribution in [0, 0.1) is 6.92 Å². The molecule has 1 aromatic heterocycles. The van der Waals surface area contributed by atoms with Crippen LogP contribution in [0.4, 0.5) is 11.5 Å². The van der Waals surface area contributed by atoms with Gasteiger partial charge in [-0.2, -0.15) is 0 Å². The molecule has 0 unspecified atom stereocenters. The minimum Gasteiger partial charge on any atom is -0.481 e. The molecule has 0 aliphatic carbocycles. The Morgan fingerprint density at radius 3 is 2.48 bits per heavy atom. The molecule has 0 aliphatic heterocycles. The fraction of sp³-hybridized carbons (Fsp3) is 0.100. The SMILES string of the molecule is COc1cc(NS(=O)(=O)c2ccc(NC(=S)NC(=O)c3cccc(C)c3)cc2)ncn1. The van der Waals surface area contributed by atoms with Crippen LogP contribution >= 0.6 is 12.2 Å². The summed E-state index contributed by atoms with van der Waals surface area (Å²) in [4.78, 5) is 20.0. The summed E-state index contributed by atoms with van der Waals surface area (Å²) in [5, 5.41) is 5.52. The van der Waals surface area contributed by atoms with E-state index in [1.807, 2.05) is 13.0 Å². The molecule has 0 aliphatic rings. The number of methoxy groups -OCH3 is 1. The lowest BCUT2D eigenvalue weighted by atomic mass is 10.1. The molecule has 0 radical (unpaired) electrons. The maximum atomic E-state index is 12.5. The quantitative estimate of drug-likeness (QED) is 0.483. The smallest absolute Gasteiger partial charge is 0.263 e. The molecule has 11 heteroatoms. The molecule has 3 N–H and O–H groups in total. The number of hydrogen-bond donors (Lipinski definition) is 3. The number of carbonyl (C=O) groups is 1. The minimum absolute atomic E-state index is 0.0188. The van der Waals surface area contributed by atoms with Crippen molar-refractivity contribution < 1.29 is 17.9 Å². The molecule has 3 aromatic rings. The Labute approximate surface area is 184 Å². The molecule has 0 bridgehead atoms. The van der Waals surface area contributed by atoms with E-state index in [0.29, 0.717) is 11.3 Å². The summed E-state index contributed by atoms with van der Waals surface area (Å²) < 4.78 is 32.4. The fourth-order valence-corrected chi connectivity index (χ4v) is 3.75. The number of nitrogens with zero attached hydrogens (tertiary/aromatic N) is 2. The van der Waals surface area contributed by atoms with Gasteiger partial charge in [0.2, 0.25) is 5.88 Å². The molecule has 2 aromatic carbocycles. The summed E-state index contributed by atoms with van der Waals surface area (Å²) in [7, 11) is -2.45. The molecule has 3 rings (SSSR count). The lowest BCUT2D eigenvalue weighted by molar-refractivity contribution is 0.0977. The van der Waals surface area contributed by atoms with Crippen molar-refractivity contribution in [2.24, 2.45) is 0 Å². The largest absolute Gasteiger partial charge is 0.481 e. The molecule has 31 heavy (non-hydrogen) atoms. The van der Waals surface area contributed by atoms with E-state index in [-0.39, 0.29) is 27.6 Å². The number of amides is 1. The standard InChI is InChI=1S/C20H19N5O4S2/c1-13-4-3-5-14(10-13)19(26)24-20(30)23-15-6-8-16(9-7-15)31(27,28)25-17-11-18(29-2)22-12-21-17/h3-12H,1-2H3,(H,21,22,25)(H2,23,24,26,30). The molecule has 0 spiro atoms. The van der Waals surface area contributed by atoms with Crippen molar-refractivity contribution in [1.29, 1.82) is 0 Å². The molecule has 0 saturated carbocycles. The van der Waals surface area contributed by atoms with Gasteiger partial charge in [0, 0.05) is 17.3 Å². The zero-order chi connectivity index (χ0) is 22.4. The van der Waals surface area contributed by atoms with Crippen LogP contribution in [0.15, 0.2) is 65.8 Å². The molecule has 0 atom stereocenters. The van der Waals surface area contributed by atoms with Crippen LogP contribution in [-0.4, -0.2) is 36.5 Å². The van der Waals surface area contributed by atoms with Crippen molar-refractivity contribution in [3.8, 4) is 5.88 Å². The highest BCUT2D eigenvalue weighted by Crippen LogP contribution is 2.18. The molecular weight excluding hydrogens is 438 g/mol. The minimum atomic E-state index is -3.87. The number of carbonyl (C=O) groups excluding carboxylic acids is 1. The van der Waals surface area contributed by atoms with Gasteiger partial charge in [0.25, 0.3) is 15.9 Å². The monoisotopic (exact) mass is 457 g/mol. The zero-order valence-corrected chi connectivity index (χ0v) is 18.3. The highest BCUT2D eigenvalue weighted by atomic mass is 32.2. The van der Waals surface area contributed by atoms with Crippen molar-refractivity contribution in [1.82, 2.24) is 15.3 Å². The van der Waals surface area contributed by atoms with Gasteiger partial charge in [-0.3, -0.25) is 14.8 Å². The van der Waals surface area contributed by atoms with Gasteiger partial charge in [-0.1, -0.05) is 17.7 Å². The Hall–Kier alpha value is -3.57. The van der Waals surface area contributed by atoms with Crippen LogP contribution in [0.1, 0.15) is 15.9 Å². The third-order valence-electron chi connectivity index (χ3n) is 4.02. The predicted molar refractivity (Wildman–Crippen MR) is 121 cm³/mol. The van der Waals surface area contributed by atoms with Crippen molar-refractivity contribution in [2.45, 2.75) is 11.8 Å². The van der Waals surface area contributed by atoms with Crippen LogP contribution in [0.25, 0.3) is 0 Å². The van der Waals surface area contributed by atoms with Gasteiger partial charge in [0.15, 0.2) is 5.11 Å². The Bertz CT molecular complexity index is 1210. The summed E-state index contributed by atoms with van der Waals surface area (Å²) in [6.07, 6.45) is 1.19. The second-order valence-electron chi connectivity index (χ2n) is 6.35. The van der Waals surface area contributed by atoms with Crippen LogP contribution in [0.2, 0.25) is 0 Å². The first-order chi connectivity index (χ1) is 14.8. The molecule has 9 nitrogen and oxygen atoms in total. The lowest BCUT2D eigenvalue weighted by Crippen LogP contribution is -2.34. The number of benzene rings is 2. The number of thiocarbonyl (C=S) groups is 1. The van der Waals surface area contributed by atoms with Crippen molar-refractivity contribution >= 4 is 44.8 Å². The first-order valence-electron chi connectivity index (χ1n) is 8.95. The Morgan fingerprint density at radius 1 is 1.06 bits per heavy atom. The number of sulfonamides is 1. The van der Waals surface area contributed by atoms with Gasteiger partial charge < -0.3 is 10.1 Å². The topological polar surface area (TPSA) is 122 Å². The van der Waals surface area contributed by atoms with Gasteiger partial charge in [-0.05, 0) is 55.5 Å². The molecule has 1 amide bonds. The molecule has 1 heterocycles. The van der Waals surface area contributed by atoms with Gasteiger partial charge in [-0.15, -0.1) is 0 Å². The number of anilines is 2. The third kappa shape index (κ3) is 5.96. The number of aromatic nitrogens is 2. The molecule has 160 valence electrons. The normalized spacial score (nSPS) is 10.8. The average molecular weight is 458 g/mol. The van der Waals surface area contributed by atoms with Crippen LogP contribution < -0.4 is 20.1 Å². The van der Waals surface area contributed by atoms with E-state index in [9.17, 15) is 13.2 Å². The van der Waals surface area contributed by atoms with E-state index < -0.39 is 10.0 Å². The van der Waals surface area contributed by atoms with E-state index in [0.717, 1.165) is 5.56 Å². The van der Waals surface area contributed by atoms with Gasteiger partial charge in [0.1, 0.15) is 12.1 Å². The number of rotatable bonds is 6. The van der Waals surface area contributed by atoms with Crippen LogP contribution in [0.5, 0.6) is 5.88 Å². The zero-order valence-electron chi connectivity index (χ0n) is 16.6. The first kappa shape index (κ1) is 22.1. The van der Waals surface area contributed by atoms with Crippen molar-refractivity contribution in [3.05, 3.63) is 72.1 Å². The Balaban J connectivity index is 1.63. The number of ether oxygens (including phenoxy) is 1. The Morgan fingerprint density at radius 2 is 1.81 bits per heavy atom. The maximum Gasteiger partial charge on any atom is 0.263 e. The fourth-order valence-electron chi connectivity index (χ4n) is 2.54. The van der Waals surface area contributed by atoms with Crippen molar-refractivity contribution in [3.63, 3.8) is 0 Å². The number of hydrogen-bond acceptors (Lipinski definition) is 7. The average Bonchev–Trinajstić information content (AvgIpc) is 2.74. The van der Waals surface area contributed by atoms with Gasteiger partial charge in [0.05, 0.1) is 12.0 Å². The van der Waals surface area contributed by atoms with Crippen LogP contribution in [0.3, 0.4) is 0 Å². The number of aryl methyl sites for hydroxylation is 1. The van der Waals surface area contributed by atoms with E-state index in [2.05, 4.69) is 25.3 Å². The highest BCUT2D eigenvalue weighted by Gasteiger charge is 2.16. The summed E-state index contributed by atoms with van der Waals surface area (Å²) >= 11 is 5.16. The van der Waals surface area contributed by atoms with Crippen LogP contribution in [-0.2, 0) is 10.0 Å². The third-order valence-corrected chi connectivity index (χ3v) is 5.59. The van der Waals surface area contributed by atoms with Gasteiger partial charge in [-0.25, -0.2) is 18.4 Å². The predicted octanol–water partition coefficient (Wildman–Crippen LogP) is 2.72. The molecule has 0 saturated heterocycles. The van der Waals surface area contributed by atoms with Crippen molar-refractivity contribution in [2.75, 3.05) is 17.1 Å². The second-order valence-corrected chi connectivity index (χ2v) is 8.44. The second kappa shape index (κ2) is 9.49. The van der Waals surface area contributed by atoms with E-state index in [1.54, 1.807) is 18.2 Å². The summed E-state index contributed by atoms with van der Waals surface area (Å²) in [6, 6.07) is 14.3. The maximum absolute atomic E-state index is 12.5. The van der Waals surface area contributed by atoms with Gasteiger partial charge >= 0.3 is 0 Å². The number of nitrogens with one attached hydrogen (secondary N) is 3.